The van der Waals surface area contributed by atoms with Gasteiger partial charge in [0.15, 0.2) is 0 Å². The van der Waals surface area contributed by atoms with Gasteiger partial charge in [-0.15, -0.1) is 0 Å². The third-order valence-electron chi connectivity index (χ3n) is 2.88. The SMILES string of the molecule is COCc1cccc(OCC(N)C2CC2)c1. The van der Waals surface area contributed by atoms with E-state index >= 15 is 0 Å². The first-order valence-corrected chi connectivity index (χ1v) is 5.76. The van der Waals surface area contributed by atoms with Crippen molar-refractivity contribution in [3.63, 3.8) is 0 Å². The summed E-state index contributed by atoms with van der Waals surface area (Å²) in [6.45, 7) is 1.23. The quantitative estimate of drug-likeness (QED) is 0.798. The zero-order chi connectivity index (χ0) is 11.4. The molecule has 2 rings (SSSR count). The first-order chi connectivity index (χ1) is 7.79. The highest BCUT2D eigenvalue weighted by Gasteiger charge is 2.28. The van der Waals surface area contributed by atoms with Crippen molar-refractivity contribution >= 4 is 0 Å². The van der Waals surface area contributed by atoms with Crippen LogP contribution in [-0.4, -0.2) is 19.8 Å². The summed E-state index contributed by atoms with van der Waals surface area (Å²) in [5.74, 6) is 1.56. The average Bonchev–Trinajstić information content (AvgIpc) is 3.11. The van der Waals surface area contributed by atoms with Crippen molar-refractivity contribution < 1.29 is 9.47 Å². The number of hydrogen-bond donors (Lipinski definition) is 1. The van der Waals surface area contributed by atoms with E-state index in [2.05, 4.69) is 0 Å². The van der Waals surface area contributed by atoms with E-state index < -0.39 is 0 Å². The predicted octanol–water partition coefficient (Wildman–Crippen LogP) is 1.95. The lowest BCUT2D eigenvalue weighted by atomic mass is 10.2. The van der Waals surface area contributed by atoms with Gasteiger partial charge in [0.25, 0.3) is 0 Å². The van der Waals surface area contributed by atoms with E-state index in [0.29, 0.717) is 19.1 Å². The normalized spacial score (nSPS) is 17.1. The van der Waals surface area contributed by atoms with Crippen LogP contribution in [0.3, 0.4) is 0 Å². The van der Waals surface area contributed by atoms with Crippen LogP contribution < -0.4 is 10.5 Å². The summed E-state index contributed by atoms with van der Waals surface area (Å²) in [6.07, 6.45) is 2.52. The Morgan fingerprint density at radius 3 is 2.94 bits per heavy atom. The van der Waals surface area contributed by atoms with E-state index in [1.54, 1.807) is 7.11 Å². The molecule has 1 fully saturated rings. The molecule has 3 heteroatoms. The molecule has 1 atom stereocenters. The van der Waals surface area contributed by atoms with E-state index in [4.69, 9.17) is 15.2 Å². The van der Waals surface area contributed by atoms with E-state index in [1.807, 2.05) is 24.3 Å². The van der Waals surface area contributed by atoms with Gasteiger partial charge in [-0.1, -0.05) is 12.1 Å². The Morgan fingerprint density at radius 1 is 1.44 bits per heavy atom. The van der Waals surface area contributed by atoms with Crippen LogP contribution in [0.1, 0.15) is 18.4 Å². The summed E-state index contributed by atoms with van der Waals surface area (Å²) < 4.78 is 10.8. The van der Waals surface area contributed by atoms with Crippen molar-refractivity contribution in [1.29, 1.82) is 0 Å². The molecule has 0 heterocycles. The Labute approximate surface area is 96.5 Å². The molecule has 1 aliphatic carbocycles. The van der Waals surface area contributed by atoms with Crippen LogP contribution in [0.25, 0.3) is 0 Å². The molecule has 0 aromatic heterocycles. The third kappa shape index (κ3) is 3.22. The molecule has 2 N–H and O–H groups in total. The van der Waals surface area contributed by atoms with Crippen LogP contribution in [0.15, 0.2) is 24.3 Å². The third-order valence-corrected chi connectivity index (χ3v) is 2.88. The van der Waals surface area contributed by atoms with Crippen molar-refractivity contribution in [2.45, 2.75) is 25.5 Å². The first kappa shape index (κ1) is 11.4. The van der Waals surface area contributed by atoms with Crippen LogP contribution in [-0.2, 0) is 11.3 Å². The van der Waals surface area contributed by atoms with Gasteiger partial charge < -0.3 is 15.2 Å². The first-order valence-electron chi connectivity index (χ1n) is 5.76. The highest BCUT2D eigenvalue weighted by atomic mass is 16.5. The fourth-order valence-electron chi connectivity index (χ4n) is 1.74. The molecule has 16 heavy (non-hydrogen) atoms. The molecule has 0 saturated heterocycles. The number of hydrogen-bond acceptors (Lipinski definition) is 3. The summed E-state index contributed by atoms with van der Waals surface area (Å²) in [4.78, 5) is 0. The van der Waals surface area contributed by atoms with Crippen LogP contribution in [0.2, 0.25) is 0 Å². The molecule has 1 aliphatic rings. The Hall–Kier alpha value is -1.06. The standard InChI is InChI=1S/C13H19NO2/c1-15-8-10-3-2-4-12(7-10)16-9-13(14)11-5-6-11/h2-4,7,11,13H,5-6,8-9,14H2,1H3. The molecule has 1 unspecified atom stereocenters. The second kappa shape index (κ2) is 5.32. The molecule has 1 saturated carbocycles. The minimum Gasteiger partial charge on any atom is -0.492 e. The van der Waals surface area contributed by atoms with Gasteiger partial charge in [0, 0.05) is 13.2 Å². The largest absolute Gasteiger partial charge is 0.492 e. The molecule has 0 aliphatic heterocycles. The maximum absolute atomic E-state index is 5.97. The van der Waals surface area contributed by atoms with Crippen LogP contribution >= 0.6 is 0 Å². The minimum absolute atomic E-state index is 0.186. The molecule has 0 radical (unpaired) electrons. The fourth-order valence-corrected chi connectivity index (χ4v) is 1.74. The van der Waals surface area contributed by atoms with Crippen molar-refractivity contribution in [1.82, 2.24) is 0 Å². The molecule has 1 aromatic rings. The summed E-state index contributed by atoms with van der Waals surface area (Å²) in [5, 5.41) is 0. The maximum atomic E-state index is 5.97. The predicted molar refractivity (Wildman–Crippen MR) is 63.3 cm³/mol. The molecular weight excluding hydrogens is 202 g/mol. The molecular formula is C13H19NO2. The zero-order valence-corrected chi connectivity index (χ0v) is 9.69. The molecule has 0 bridgehead atoms. The second-order valence-electron chi connectivity index (χ2n) is 4.39. The lowest BCUT2D eigenvalue weighted by Gasteiger charge is -2.12. The highest BCUT2D eigenvalue weighted by Crippen LogP contribution is 2.31. The van der Waals surface area contributed by atoms with Crippen molar-refractivity contribution in [2.24, 2.45) is 11.7 Å². The number of benzene rings is 1. The summed E-state index contributed by atoms with van der Waals surface area (Å²) >= 11 is 0. The van der Waals surface area contributed by atoms with E-state index in [9.17, 15) is 0 Å². The topological polar surface area (TPSA) is 44.5 Å². The van der Waals surface area contributed by atoms with Crippen LogP contribution in [0, 0.1) is 5.92 Å². The Bertz CT molecular complexity index is 336. The van der Waals surface area contributed by atoms with Crippen LogP contribution in [0.5, 0.6) is 5.75 Å². The van der Waals surface area contributed by atoms with Gasteiger partial charge in [-0.2, -0.15) is 0 Å². The van der Waals surface area contributed by atoms with Gasteiger partial charge in [0.05, 0.1) is 6.61 Å². The van der Waals surface area contributed by atoms with Crippen molar-refractivity contribution in [2.75, 3.05) is 13.7 Å². The Kier molecular flexibility index (Phi) is 3.80. The molecule has 88 valence electrons. The van der Waals surface area contributed by atoms with Gasteiger partial charge in [-0.3, -0.25) is 0 Å². The maximum Gasteiger partial charge on any atom is 0.119 e. The van der Waals surface area contributed by atoms with E-state index in [-0.39, 0.29) is 6.04 Å². The van der Waals surface area contributed by atoms with E-state index in [0.717, 1.165) is 11.3 Å². The van der Waals surface area contributed by atoms with Gasteiger partial charge >= 0.3 is 0 Å². The van der Waals surface area contributed by atoms with Crippen molar-refractivity contribution in [3.8, 4) is 5.75 Å². The van der Waals surface area contributed by atoms with Gasteiger partial charge in [-0.05, 0) is 36.5 Å². The van der Waals surface area contributed by atoms with Crippen LogP contribution in [0.4, 0.5) is 0 Å². The molecule has 0 spiro atoms. The molecule has 1 aromatic carbocycles. The Balaban J connectivity index is 1.85. The monoisotopic (exact) mass is 221 g/mol. The second-order valence-corrected chi connectivity index (χ2v) is 4.39. The fraction of sp³-hybridized carbons (Fsp3) is 0.538. The van der Waals surface area contributed by atoms with Crippen molar-refractivity contribution in [3.05, 3.63) is 29.8 Å². The molecule has 3 nitrogen and oxygen atoms in total. The minimum atomic E-state index is 0.186. The van der Waals surface area contributed by atoms with Gasteiger partial charge in [0.2, 0.25) is 0 Å². The lowest BCUT2D eigenvalue weighted by molar-refractivity contribution is 0.184. The smallest absolute Gasteiger partial charge is 0.119 e. The Morgan fingerprint density at radius 2 is 2.25 bits per heavy atom. The summed E-state index contributed by atoms with van der Waals surface area (Å²) in [5.41, 5.74) is 7.10. The number of rotatable bonds is 6. The van der Waals surface area contributed by atoms with Gasteiger partial charge in [-0.25, -0.2) is 0 Å². The summed E-state index contributed by atoms with van der Waals surface area (Å²) in [7, 11) is 1.69. The van der Waals surface area contributed by atoms with Gasteiger partial charge in [0.1, 0.15) is 12.4 Å². The highest BCUT2D eigenvalue weighted by molar-refractivity contribution is 5.28. The lowest BCUT2D eigenvalue weighted by Crippen LogP contribution is -2.29. The average molecular weight is 221 g/mol. The number of methoxy groups -OCH3 is 1. The number of nitrogens with two attached hydrogens (primary N) is 1. The zero-order valence-electron chi connectivity index (χ0n) is 9.69. The molecule has 0 amide bonds. The number of ether oxygens (including phenoxy) is 2. The summed E-state index contributed by atoms with van der Waals surface area (Å²) in [6, 6.07) is 8.15. The van der Waals surface area contributed by atoms with E-state index in [1.165, 1.54) is 12.8 Å².